The van der Waals surface area contributed by atoms with Gasteiger partial charge in [-0.1, -0.05) is 89.3 Å². The minimum atomic E-state index is -0.0982. The molecule has 1 N–H and O–H groups in total. The molecular weight excluding hydrogens is 410 g/mol. The predicted octanol–water partition coefficient (Wildman–Crippen LogP) is 5.82. The molecule has 1 amide bonds. The minimum absolute atomic E-state index is 0.0982. The maximum atomic E-state index is 12.5. The molecule has 0 fully saturated rings. The predicted molar refractivity (Wildman–Crippen MR) is 117 cm³/mol. The van der Waals surface area contributed by atoms with E-state index in [1.165, 1.54) is 11.3 Å². The zero-order chi connectivity index (χ0) is 19.3. The van der Waals surface area contributed by atoms with E-state index >= 15 is 0 Å². The third-order valence-corrected chi connectivity index (χ3v) is 6.41. The standard InChI is InChI=1S/C21H16ClN3OS2/c22-17-9-3-5-14(11-17)13-27-21-25-24-20(28-21)23-19(26)12-16-8-4-7-15-6-1-2-10-18(15)16/h1-11H,12-13H2,(H,23,24,26). The van der Waals surface area contributed by atoms with Gasteiger partial charge in [0.15, 0.2) is 4.34 Å². The third kappa shape index (κ3) is 4.70. The van der Waals surface area contributed by atoms with Crippen LogP contribution in [0.3, 0.4) is 0 Å². The number of hydrogen-bond acceptors (Lipinski definition) is 5. The lowest BCUT2D eigenvalue weighted by atomic mass is 10.0. The van der Waals surface area contributed by atoms with E-state index in [0.717, 1.165) is 37.0 Å². The van der Waals surface area contributed by atoms with Crippen LogP contribution in [-0.4, -0.2) is 16.1 Å². The molecule has 0 aliphatic heterocycles. The van der Waals surface area contributed by atoms with Crippen molar-refractivity contribution in [2.45, 2.75) is 16.5 Å². The molecule has 7 heteroatoms. The van der Waals surface area contributed by atoms with Crippen molar-refractivity contribution in [3.8, 4) is 0 Å². The van der Waals surface area contributed by atoms with Crippen LogP contribution in [0, 0.1) is 0 Å². The maximum Gasteiger partial charge on any atom is 0.230 e. The Hall–Kier alpha value is -2.41. The summed E-state index contributed by atoms with van der Waals surface area (Å²) in [5.74, 6) is 0.651. The zero-order valence-corrected chi connectivity index (χ0v) is 17.2. The lowest BCUT2D eigenvalue weighted by molar-refractivity contribution is -0.115. The topological polar surface area (TPSA) is 54.9 Å². The molecule has 0 bridgehead atoms. The molecule has 3 aromatic carbocycles. The lowest BCUT2D eigenvalue weighted by Crippen LogP contribution is -2.14. The number of benzene rings is 3. The highest BCUT2D eigenvalue weighted by atomic mass is 35.5. The number of anilines is 1. The van der Waals surface area contributed by atoms with Crippen LogP contribution in [0.1, 0.15) is 11.1 Å². The van der Waals surface area contributed by atoms with Gasteiger partial charge in [-0.15, -0.1) is 10.2 Å². The highest BCUT2D eigenvalue weighted by Gasteiger charge is 2.11. The van der Waals surface area contributed by atoms with Gasteiger partial charge < -0.3 is 5.32 Å². The van der Waals surface area contributed by atoms with Gasteiger partial charge in [-0.05, 0) is 34.0 Å². The number of carbonyl (C=O) groups excluding carboxylic acids is 1. The van der Waals surface area contributed by atoms with Gasteiger partial charge in [0.1, 0.15) is 0 Å². The van der Waals surface area contributed by atoms with Gasteiger partial charge in [0, 0.05) is 10.8 Å². The molecule has 0 atom stereocenters. The first-order valence-electron chi connectivity index (χ1n) is 8.64. The average Bonchev–Trinajstić information content (AvgIpc) is 3.14. The number of nitrogens with one attached hydrogen (secondary N) is 1. The van der Waals surface area contributed by atoms with Gasteiger partial charge >= 0.3 is 0 Å². The maximum absolute atomic E-state index is 12.5. The zero-order valence-electron chi connectivity index (χ0n) is 14.8. The second kappa shape index (κ2) is 8.73. The summed E-state index contributed by atoms with van der Waals surface area (Å²) in [5.41, 5.74) is 2.12. The summed E-state index contributed by atoms with van der Waals surface area (Å²) in [7, 11) is 0. The van der Waals surface area contributed by atoms with E-state index in [-0.39, 0.29) is 5.91 Å². The molecule has 4 rings (SSSR count). The van der Waals surface area contributed by atoms with E-state index in [1.54, 1.807) is 11.8 Å². The van der Waals surface area contributed by atoms with Crippen molar-refractivity contribution >= 4 is 56.5 Å². The highest BCUT2D eigenvalue weighted by Crippen LogP contribution is 2.29. The van der Waals surface area contributed by atoms with Crippen molar-refractivity contribution in [3.05, 3.63) is 82.9 Å². The summed E-state index contributed by atoms with van der Waals surface area (Å²) >= 11 is 8.95. The number of amides is 1. The van der Waals surface area contributed by atoms with Crippen molar-refractivity contribution in [3.63, 3.8) is 0 Å². The van der Waals surface area contributed by atoms with Crippen molar-refractivity contribution in [1.82, 2.24) is 10.2 Å². The van der Waals surface area contributed by atoms with E-state index in [2.05, 4.69) is 15.5 Å². The lowest BCUT2D eigenvalue weighted by Gasteiger charge is -2.06. The molecule has 4 nitrogen and oxygen atoms in total. The van der Waals surface area contributed by atoms with E-state index in [9.17, 15) is 4.79 Å². The normalized spacial score (nSPS) is 10.9. The van der Waals surface area contributed by atoms with Crippen molar-refractivity contribution in [1.29, 1.82) is 0 Å². The quantitative estimate of drug-likeness (QED) is 0.312. The van der Waals surface area contributed by atoms with E-state index in [1.807, 2.05) is 66.7 Å². The smallest absolute Gasteiger partial charge is 0.230 e. The molecule has 0 aliphatic rings. The van der Waals surface area contributed by atoms with Gasteiger partial charge in [-0.25, -0.2) is 0 Å². The Kier molecular flexibility index (Phi) is 5.90. The molecule has 140 valence electrons. The summed E-state index contributed by atoms with van der Waals surface area (Å²) in [5, 5.41) is 14.5. The van der Waals surface area contributed by atoms with Crippen LogP contribution in [0.2, 0.25) is 5.02 Å². The van der Waals surface area contributed by atoms with Crippen molar-refractivity contribution in [2.75, 3.05) is 5.32 Å². The summed E-state index contributed by atoms with van der Waals surface area (Å²) < 4.78 is 0.806. The molecule has 0 saturated carbocycles. The summed E-state index contributed by atoms with van der Waals surface area (Å²) in [6.07, 6.45) is 0.298. The van der Waals surface area contributed by atoms with Crippen LogP contribution in [0.5, 0.6) is 0 Å². The SMILES string of the molecule is O=C(Cc1cccc2ccccc12)Nc1nnc(SCc2cccc(Cl)c2)s1. The number of halogens is 1. The van der Waals surface area contributed by atoms with Gasteiger partial charge in [0.2, 0.25) is 11.0 Å². The number of rotatable bonds is 6. The third-order valence-electron chi connectivity index (χ3n) is 4.14. The fraction of sp³-hybridized carbons (Fsp3) is 0.0952. The second-order valence-corrected chi connectivity index (χ2v) is 8.79. The van der Waals surface area contributed by atoms with Crippen molar-refractivity contribution < 1.29 is 4.79 Å². The fourth-order valence-corrected chi connectivity index (χ4v) is 4.80. The number of carbonyl (C=O) groups is 1. The first-order chi connectivity index (χ1) is 13.7. The highest BCUT2D eigenvalue weighted by molar-refractivity contribution is 8.00. The van der Waals surface area contributed by atoms with Crippen LogP contribution < -0.4 is 5.32 Å². The van der Waals surface area contributed by atoms with Gasteiger partial charge in [-0.3, -0.25) is 4.79 Å². The monoisotopic (exact) mass is 425 g/mol. The van der Waals surface area contributed by atoms with Gasteiger partial charge in [-0.2, -0.15) is 0 Å². The Morgan fingerprint density at radius 1 is 1.04 bits per heavy atom. The molecule has 1 aromatic heterocycles. The summed E-state index contributed by atoms with van der Waals surface area (Å²) in [6.45, 7) is 0. The van der Waals surface area contributed by atoms with Crippen molar-refractivity contribution in [2.24, 2.45) is 0 Å². The van der Waals surface area contributed by atoms with Crippen LogP contribution >= 0.6 is 34.7 Å². The molecular formula is C21H16ClN3OS2. The first kappa shape index (κ1) is 18.9. The average molecular weight is 426 g/mol. The number of thioether (sulfide) groups is 1. The molecule has 28 heavy (non-hydrogen) atoms. The Morgan fingerprint density at radius 3 is 2.75 bits per heavy atom. The van der Waals surface area contributed by atoms with Crippen LogP contribution in [0.25, 0.3) is 10.8 Å². The van der Waals surface area contributed by atoms with Gasteiger partial charge in [0.25, 0.3) is 0 Å². The molecule has 0 aliphatic carbocycles. The van der Waals surface area contributed by atoms with E-state index in [0.29, 0.717) is 11.6 Å². The number of hydrogen-bond donors (Lipinski definition) is 1. The Morgan fingerprint density at radius 2 is 1.86 bits per heavy atom. The van der Waals surface area contributed by atoms with Crippen LogP contribution in [-0.2, 0) is 17.0 Å². The Bertz CT molecular complexity index is 1120. The van der Waals surface area contributed by atoms with E-state index < -0.39 is 0 Å². The summed E-state index contributed by atoms with van der Waals surface area (Å²) in [4.78, 5) is 12.5. The van der Waals surface area contributed by atoms with Crippen LogP contribution in [0.15, 0.2) is 71.1 Å². The molecule has 1 heterocycles. The molecule has 0 unspecified atom stereocenters. The number of fused-ring (bicyclic) bond motifs is 1. The van der Waals surface area contributed by atoms with E-state index in [4.69, 9.17) is 11.6 Å². The number of nitrogens with zero attached hydrogens (tertiary/aromatic N) is 2. The second-order valence-electron chi connectivity index (χ2n) is 6.15. The summed E-state index contributed by atoms with van der Waals surface area (Å²) in [6, 6.07) is 21.8. The largest absolute Gasteiger partial charge is 0.300 e. The molecule has 0 radical (unpaired) electrons. The molecule has 0 spiro atoms. The Labute approximate surface area is 176 Å². The van der Waals surface area contributed by atoms with Crippen LogP contribution in [0.4, 0.5) is 5.13 Å². The molecule has 4 aromatic rings. The molecule has 0 saturated heterocycles. The van der Waals surface area contributed by atoms with Gasteiger partial charge in [0.05, 0.1) is 6.42 Å². The minimum Gasteiger partial charge on any atom is -0.300 e. The number of aromatic nitrogens is 2. The Balaban J connectivity index is 1.37. The fourth-order valence-electron chi connectivity index (χ4n) is 2.87. The first-order valence-corrected chi connectivity index (χ1v) is 10.8.